The van der Waals surface area contributed by atoms with E-state index in [1.807, 2.05) is 48.5 Å². The first-order chi connectivity index (χ1) is 15.8. The Balaban J connectivity index is 1.75. The van der Waals surface area contributed by atoms with E-state index < -0.39 is 17.1 Å². The molecule has 1 aromatic heterocycles. The zero-order chi connectivity index (χ0) is 23.2. The number of alkyl halides is 3. The maximum atomic E-state index is 14.5. The van der Waals surface area contributed by atoms with E-state index in [4.69, 9.17) is 0 Å². The minimum absolute atomic E-state index is 0.0191. The molecule has 1 unspecified atom stereocenters. The third kappa shape index (κ3) is 3.51. The number of benzene rings is 3. The topological polar surface area (TPSA) is 46.9 Å². The lowest BCUT2D eigenvalue weighted by Gasteiger charge is -2.38. The Kier molecular flexibility index (Phi) is 5.05. The second kappa shape index (κ2) is 7.81. The predicted molar refractivity (Wildman–Crippen MR) is 122 cm³/mol. The van der Waals surface area contributed by atoms with Crippen LogP contribution in [0, 0.1) is 6.92 Å². The molecule has 33 heavy (non-hydrogen) atoms. The van der Waals surface area contributed by atoms with Crippen LogP contribution in [-0.4, -0.2) is 21.8 Å². The van der Waals surface area contributed by atoms with Crippen molar-refractivity contribution < 1.29 is 18.0 Å². The van der Waals surface area contributed by atoms with E-state index >= 15 is 0 Å². The minimum Gasteiger partial charge on any atom is -0.311 e. The standard InChI is InChI=1S/C25H18F3N3OS/c1-16-12-14-19(15-13-16)24(25(26,27)28)30-22(32)31-21(18-10-6-3-7-11-18)20(29-23(31)33-24)17-8-4-2-5-9-17/h2-15H,1H3,(H,30,32). The summed E-state index contributed by atoms with van der Waals surface area (Å²) >= 11 is 0.493. The van der Waals surface area contributed by atoms with Crippen molar-refractivity contribution in [2.75, 3.05) is 0 Å². The summed E-state index contributed by atoms with van der Waals surface area (Å²) in [6, 6.07) is 23.3. The third-order valence-corrected chi connectivity index (χ3v) is 6.86. The van der Waals surface area contributed by atoms with E-state index in [9.17, 15) is 18.0 Å². The number of carbonyl (C=O) groups is 1. The first kappa shape index (κ1) is 21.3. The summed E-state index contributed by atoms with van der Waals surface area (Å²) in [5.41, 5.74) is 3.04. The Morgan fingerprint density at radius 2 is 1.45 bits per heavy atom. The summed E-state index contributed by atoms with van der Waals surface area (Å²) < 4.78 is 44.8. The lowest BCUT2D eigenvalue weighted by molar-refractivity contribution is -0.167. The molecule has 0 fully saturated rings. The van der Waals surface area contributed by atoms with Crippen LogP contribution in [0.2, 0.25) is 0 Å². The molecule has 0 saturated carbocycles. The van der Waals surface area contributed by atoms with Crippen molar-refractivity contribution in [1.29, 1.82) is 0 Å². The highest BCUT2D eigenvalue weighted by atomic mass is 32.2. The number of carbonyl (C=O) groups excluding carboxylic acids is 1. The van der Waals surface area contributed by atoms with E-state index in [2.05, 4.69) is 10.3 Å². The van der Waals surface area contributed by atoms with Crippen LogP contribution >= 0.6 is 11.8 Å². The average Bonchev–Trinajstić information content (AvgIpc) is 3.20. The maximum absolute atomic E-state index is 14.5. The van der Waals surface area contributed by atoms with Gasteiger partial charge < -0.3 is 5.32 Å². The van der Waals surface area contributed by atoms with Gasteiger partial charge in [0.2, 0.25) is 4.87 Å². The molecule has 3 aromatic carbocycles. The van der Waals surface area contributed by atoms with E-state index in [1.165, 1.54) is 16.7 Å². The summed E-state index contributed by atoms with van der Waals surface area (Å²) in [6.45, 7) is 1.79. The van der Waals surface area contributed by atoms with Crippen molar-refractivity contribution in [3.63, 3.8) is 0 Å². The molecule has 0 aliphatic carbocycles. The molecule has 166 valence electrons. The number of thioether (sulfide) groups is 1. The number of fused-ring (bicyclic) bond motifs is 1. The van der Waals surface area contributed by atoms with Gasteiger partial charge in [0.1, 0.15) is 0 Å². The van der Waals surface area contributed by atoms with Gasteiger partial charge in [-0.05, 0) is 24.2 Å². The second-order valence-corrected chi connectivity index (χ2v) is 8.92. The number of nitrogens with one attached hydrogen (secondary N) is 1. The monoisotopic (exact) mass is 465 g/mol. The highest BCUT2D eigenvalue weighted by molar-refractivity contribution is 8.00. The summed E-state index contributed by atoms with van der Waals surface area (Å²) in [7, 11) is 0. The van der Waals surface area contributed by atoms with Gasteiger partial charge in [-0.25, -0.2) is 14.3 Å². The third-order valence-electron chi connectivity index (χ3n) is 5.53. The highest BCUT2D eigenvalue weighted by Gasteiger charge is 2.61. The van der Waals surface area contributed by atoms with Gasteiger partial charge in [-0.3, -0.25) is 0 Å². The zero-order valence-corrected chi connectivity index (χ0v) is 18.2. The molecule has 1 aliphatic rings. The Hall–Kier alpha value is -3.52. The fourth-order valence-corrected chi connectivity index (χ4v) is 5.08. The van der Waals surface area contributed by atoms with Crippen molar-refractivity contribution in [2.45, 2.75) is 23.1 Å². The molecule has 5 rings (SSSR count). The summed E-state index contributed by atoms with van der Waals surface area (Å²) in [5, 5.41) is 2.24. The number of aryl methyl sites for hydroxylation is 1. The molecule has 0 spiro atoms. The zero-order valence-electron chi connectivity index (χ0n) is 17.4. The maximum Gasteiger partial charge on any atom is 0.425 e. The molecule has 4 nitrogen and oxygen atoms in total. The Labute approximate surface area is 192 Å². The normalized spacial score (nSPS) is 18.0. The number of nitrogens with zero attached hydrogens (tertiary/aromatic N) is 2. The lowest BCUT2D eigenvalue weighted by atomic mass is 10.0. The molecule has 2 heterocycles. The van der Waals surface area contributed by atoms with Gasteiger partial charge in [0.05, 0.1) is 11.4 Å². The number of hydrogen-bond donors (Lipinski definition) is 1. The van der Waals surface area contributed by atoms with Gasteiger partial charge in [0, 0.05) is 11.1 Å². The number of halogens is 3. The van der Waals surface area contributed by atoms with Crippen LogP contribution < -0.4 is 5.32 Å². The van der Waals surface area contributed by atoms with E-state index in [1.54, 1.807) is 31.2 Å². The molecule has 0 radical (unpaired) electrons. The average molecular weight is 466 g/mol. The van der Waals surface area contributed by atoms with Gasteiger partial charge in [0.25, 0.3) is 0 Å². The molecule has 4 aromatic rings. The van der Waals surface area contributed by atoms with Gasteiger partial charge in [-0.1, -0.05) is 90.5 Å². The highest BCUT2D eigenvalue weighted by Crippen LogP contribution is 2.53. The molecule has 1 atom stereocenters. The number of rotatable bonds is 3. The number of imidazole rings is 1. The molecule has 0 bridgehead atoms. The fourth-order valence-electron chi connectivity index (χ4n) is 3.90. The van der Waals surface area contributed by atoms with Crippen LogP contribution in [-0.2, 0) is 4.87 Å². The predicted octanol–water partition coefficient (Wildman–Crippen LogP) is 6.60. The van der Waals surface area contributed by atoms with Gasteiger partial charge >= 0.3 is 12.2 Å². The van der Waals surface area contributed by atoms with Crippen molar-refractivity contribution >= 4 is 17.8 Å². The number of amides is 1. The van der Waals surface area contributed by atoms with Gasteiger partial charge in [-0.2, -0.15) is 13.2 Å². The van der Waals surface area contributed by atoms with Crippen molar-refractivity contribution in [1.82, 2.24) is 14.9 Å². The Morgan fingerprint density at radius 3 is 2.03 bits per heavy atom. The van der Waals surface area contributed by atoms with Crippen molar-refractivity contribution in [3.8, 4) is 22.5 Å². The first-order valence-electron chi connectivity index (χ1n) is 10.2. The van der Waals surface area contributed by atoms with E-state index in [0.717, 1.165) is 5.56 Å². The summed E-state index contributed by atoms with van der Waals surface area (Å²) in [5.74, 6) is 0. The van der Waals surface area contributed by atoms with Crippen LogP contribution in [0.5, 0.6) is 0 Å². The van der Waals surface area contributed by atoms with Gasteiger partial charge in [-0.15, -0.1) is 0 Å². The SMILES string of the molecule is Cc1ccc(C2(C(F)(F)F)NC(=O)n3c(nc(-c4ccccc4)c3-c3ccccc3)S2)cc1. The molecular formula is C25H18F3N3OS. The largest absolute Gasteiger partial charge is 0.425 e. The molecule has 1 aliphatic heterocycles. The van der Waals surface area contributed by atoms with E-state index in [0.29, 0.717) is 34.3 Å². The summed E-state index contributed by atoms with van der Waals surface area (Å²) in [6.07, 6.45) is -4.76. The Bertz CT molecular complexity index is 1320. The van der Waals surface area contributed by atoms with E-state index in [-0.39, 0.29) is 10.7 Å². The lowest BCUT2D eigenvalue weighted by Crippen LogP contribution is -2.57. The molecule has 1 amide bonds. The molecule has 1 N–H and O–H groups in total. The smallest absolute Gasteiger partial charge is 0.311 e. The summed E-state index contributed by atoms with van der Waals surface area (Å²) in [4.78, 5) is 15.2. The van der Waals surface area contributed by atoms with Crippen molar-refractivity contribution in [2.24, 2.45) is 0 Å². The van der Waals surface area contributed by atoms with Gasteiger partial charge in [0.15, 0.2) is 5.16 Å². The van der Waals surface area contributed by atoms with Crippen LogP contribution in [0.15, 0.2) is 90.1 Å². The van der Waals surface area contributed by atoms with Crippen LogP contribution in [0.4, 0.5) is 18.0 Å². The fraction of sp³-hybridized carbons (Fsp3) is 0.120. The van der Waals surface area contributed by atoms with Crippen LogP contribution in [0.25, 0.3) is 22.5 Å². The molecule has 8 heteroatoms. The minimum atomic E-state index is -4.76. The second-order valence-electron chi connectivity index (χ2n) is 7.74. The number of aromatic nitrogens is 2. The molecule has 0 saturated heterocycles. The van der Waals surface area contributed by atoms with Crippen LogP contribution in [0.1, 0.15) is 11.1 Å². The molecular weight excluding hydrogens is 447 g/mol. The quantitative estimate of drug-likeness (QED) is 0.371. The first-order valence-corrected chi connectivity index (χ1v) is 11.0. The Morgan fingerprint density at radius 1 is 0.879 bits per heavy atom. The number of hydrogen-bond acceptors (Lipinski definition) is 3. The van der Waals surface area contributed by atoms with Crippen LogP contribution in [0.3, 0.4) is 0 Å². The van der Waals surface area contributed by atoms with Crippen molar-refractivity contribution in [3.05, 3.63) is 96.1 Å².